The van der Waals surface area contributed by atoms with Gasteiger partial charge in [0.25, 0.3) is 5.56 Å². The van der Waals surface area contributed by atoms with Crippen molar-refractivity contribution >= 4 is 34.0 Å². The topological polar surface area (TPSA) is 130 Å². The SMILES string of the molecule is CCOC(=O)C(C(=O)OCC)c1nc2c(c(=O)n(Cc3cc4cc(C)ccc4[nH]3)c(=O)n2C)n1C. The number of aryl methyl sites for hydroxylation is 3. The van der Waals surface area contributed by atoms with Gasteiger partial charge in [0, 0.05) is 25.3 Å². The summed E-state index contributed by atoms with van der Waals surface area (Å²) in [4.78, 5) is 59.4. The van der Waals surface area contributed by atoms with E-state index in [0.29, 0.717) is 5.69 Å². The molecule has 184 valence electrons. The normalized spacial score (nSPS) is 11.5. The maximum Gasteiger partial charge on any atom is 0.332 e. The Labute approximate surface area is 199 Å². The van der Waals surface area contributed by atoms with Crippen molar-refractivity contribution in [1.29, 1.82) is 0 Å². The molecule has 4 rings (SSSR count). The average Bonchev–Trinajstić information content (AvgIpc) is 3.36. The number of ether oxygens (including phenoxy) is 2. The molecule has 1 N–H and O–H groups in total. The van der Waals surface area contributed by atoms with Crippen LogP contribution in [0.15, 0.2) is 33.9 Å². The van der Waals surface area contributed by atoms with Crippen molar-refractivity contribution in [2.75, 3.05) is 13.2 Å². The van der Waals surface area contributed by atoms with Crippen molar-refractivity contribution in [3.63, 3.8) is 0 Å². The van der Waals surface area contributed by atoms with Gasteiger partial charge < -0.3 is 19.0 Å². The highest BCUT2D eigenvalue weighted by molar-refractivity contribution is 6.00. The van der Waals surface area contributed by atoms with Crippen molar-refractivity contribution < 1.29 is 19.1 Å². The van der Waals surface area contributed by atoms with Crippen LogP contribution in [0.3, 0.4) is 0 Å². The maximum absolute atomic E-state index is 13.5. The Morgan fingerprint density at radius 3 is 2.31 bits per heavy atom. The van der Waals surface area contributed by atoms with Gasteiger partial charge in [-0.1, -0.05) is 11.6 Å². The maximum atomic E-state index is 13.5. The molecule has 0 aliphatic rings. The molecule has 0 amide bonds. The number of hydrogen-bond acceptors (Lipinski definition) is 7. The van der Waals surface area contributed by atoms with Gasteiger partial charge in [-0.3, -0.25) is 23.5 Å². The summed E-state index contributed by atoms with van der Waals surface area (Å²) in [6, 6.07) is 7.82. The number of benzene rings is 1. The minimum absolute atomic E-state index is 0.00880. The number of nitrogens with one attached hydrogen (secondary N) is 1. The van der Waals surface area contributed by atoms with Gasteiger partial charge in [0.15, 0.2) is 11.2 Å². The number of rotatable bonds is 7. The fourth-order valence-corrected chi connectivity index (χ4v) is 4.18. The molecular weight excluding hydrogens is 454 g/mol. The van der Waals surface area contributed by atoms with Crippen LogP contribution in [0.25, 0.3) is 22.1 Å². The van der Waals surface area contributed by atoms with Crippen LogP contribution in [-0.4, -0.2) is 48.8 Å². The molecule has 11 nitrogen and oxygen atoms in total. The fourth-order valence-electron chi connectivity index (χ4n) is 4.18. The Kier molecular flexibility index (Phi) is 6.33. The summed E-state index contributed by atoms with van der Waals surface area (Å²) in [7, 11) is 2.99. The number of carbonyl (C=O) groups excluding carboxylic acids is 2. The van der Waals surface area contributed by atoms with Crippen molar-refractivity contribution in [2.24, 2.45) is 14.1 Å². The van der Waals surface area contributed by atoms with E-state index < -0.39 is 29.1 Å². The zero-order valence-corrected chi connectivity index (χ0v) is 20.2. The summed E-state index contributed by atoms with van der Waals surface area (Å²) in [6.45, 7) is 5.32. The molecule has 0 radical (unpaired) electrons. The Hall–Kier alpha value is -4.15. The van der Waals surface area contributed by atoms with Gasteiger partial charge in [0.1, 0.15) is 5.82 Å². The number of imidazole rings is 1. The van der Waals surface area contributed by atoms with E-state index >= 15 is 0 Å². The van der Waals surface area contributed by atoms with Crippen LogP contribution in [0.2, 0.25) is 0 Å². The summed E-state index contributed by atoms with van der Waals surface area (Å²) < 4.78 is 13.8. The van der Waals surface area contributed by atoms with Crippen LogP contribution in [0.1, 0.15) is 36.8 Å². The number of aromatic nitrogens is 5. The third-order valence-corrected chi connectivity index (χ3v) is 5.86. The summed E-state index contributed by atoms with van der Waals surface area (Å²) in [5.41, 5.74) is 1.63. The first-order valence-corrected chi connectivity index (χ1v) is 11.3. The van der Waals surface area contributed by atoms with Gasteiger partial charge in [0.05, 0.1) is 19.8 Å². The fraction of sp³-hybridized carbons (Fsp3) is 0.375. The lowest BCUT2D eigenvalue weighted by atomic mass is 10.1. The lowest BCUT2D eigenvalue weighted by Crippen LogP contribution is -2.40. The van der Waals surface area contributed by atoms with Gasteiger partial charge in [-0.25, -0.2) is 9.78 Å². The zero-order valence-electron chi connectivity index (χ0n) is 20.2. The lowest BCUT2D eigenvalue weighted by molar-refractivity contribution is -0.157. The number of esters is 2. The van der Waals surface area contributed by atoms with E-state index in [0.717, 1.165) is 21.0 Å². The second-order valence-electron chi connectivity index (χ2n) is 8.26. The summed E-state index contributed by atoms with van der Waals surface area (Å²) in [5, 5.41) is 0.973. The first-order chi connectivity index (χ1) is 16.7. The molecule has 0 saturated carbocycles. The molecule has 0 bridgehead atoms. The first-order valence-electron chi connectivity index (χ1n) is 11.3. The van der Waals surface area contributed by atoms with Crippen LogP contribution in [0, 0.1) is 6.92 Å². The van der Waals surface area contributed by atoms with Crippen molar-refractivity contribution in [1.82, 2.24) is 23.7 Å². The molecule has 4 aromatic rings. The van der Waals surface area contributed by atoms with Gasteiger partial charge >= 0.3 is 17.6 Å². The monoisotopic (exact) mass is 481 g/mol. The number of nitrogens with zero attached hydrogens (tertiary/aromatic N) is 4. The van der Waals surface area contributed by atoms with Gasteiger partial charge in [-0.05, 0) is 44.4 Å². The predicted octanol–water partition coefficient (Wildman–Crippen LogP) is 1.48. The molecule has 3 aromatic heterocycles. The van der Waals surface area contributed by atoms with E-state index in [1.165, 1.54) is 23.2 Å². The summed E-state index contributed by atoms with van der Waals surface area (Å²) >= 11 is 0. The van der Waals surface area contributed by atoms with Gasteiger partial charge in [-0.15, -0.1) is 0 Å². The second-order valence-corrected chi connectivity index (χ2v) is 8.26. The van der Waals surface area contributed by atoms with Crippen molar-refractivity contribution in [2.45, 2.75) is 33.2 Å². The summed E-state index contributed by atoms with van der Waals surface area (Å²) in [6.07, 6.45) is 0. The van der Waals surface area contributed by atoms with Crippen LogP contribution in [0.4, 0.5) is 0 Å². The molecule has 0 aliphatic carbocycles. The molecule has 0 spiro atoms. The molecule has 0 saturated heterocycles. The second kappa shape index (κ2) is 9.24. The number of hydrogen-bond donors (Lipinski definition) is 1. The van der Waals surface area contributed by atoms with Gasteiger partial charge in [0.2, 0.25) is 5.92 Å². The highest BCUT2D eigenvalue weighted by atomic mass is 16.6. The number of H-pyrrole nitrogens is 1. The average molecular weight is 482 g/mol. The van der Waals surface area contributed by atoms with E-state index in [2.05, 4.69) is 9.97 Å². The number of carbonyl (C=O) groups is 2. The smallest absolute Gasteiger partial charge is 0.332 e. The van der Waals surface area contributed by atoms with Crippen molar-refractivity contribution in [3.05, 3.63) is 62.2 Å². The number of fused-ring (bicyclic) bond motifs is 2. The Balaban J connectivity index is 1.87. The van der Waals surface area contributed by atoms with Gasteiger partial charge in [-0.2, -0.15) is 0 Å². The number of aromatic amines is 1. The third-order valence-electron chi connectivity index (χ3n) is 5.86. The molecule has 11 heteroatoms. The van der Waals surface area contributed by atoms with E-state index in [-0.39, 0.29) is 36.7 Å². The van der Waals surface area contributed by atoms with Crippen LogP contribution in [0.5, 0.6) is 0 Å². The lowest BCUT2D eigenvalue weighted by Gasteiger charge is -2.14. The molecule has 0 aliphatic heterocycles. The summed E-state index contributed by atoms with van der Waals surface area (Å²) in [5.74, 6) is -3.22. The van der Waals surface area contributed by atoms with E-state index in [1.54, 1.807) is 13.8 Å². The minimum atomic E-state index is -1.49. The third kappa shape index (κ3) is 4.13. The molecule has 0 fully saturated rings. The Morgan fingerprint density at radius 1 is 1.03 bits per heavy atom. The van der Waals surface area contributed by atoms with Crippen LogP contribution in [-0.2, 0) is 39.7 Å². The standard InChI is InChI=1S/C24H27N5O6/c1-6-34-22(31)17(23(32)35-7-2)19-26-20-18(27(19)4)21(30)29(24(33)28(20)5)12-15-11-14-10-13(3)8-9-16(14)25-15/h8-11,17,25H,6-7,12H2,1-5H3. The molecule has 1 aromatic carbocycles. The van der Waals surface area contributed by atoms with E-state index in [1.807, 2.05) is 31.2 Å². The van der Waals surface area contributed by atoms with Crippen LogP contribution >= 0.6 is 0 Å². The zero-order chi connectivity index (χ0) is 25.4. The highest BCUT2D eigenvalue weighted by Gasteiger charge is 2.37. The molecule has 0 unspecified atom stereocenters. The van der Waals surface area contributed by atoms with Crippen LogP contribution < -0.4 is 11.2 Å². The van der Waals surface area contributed by atoms with E-state index in [4.69, 9.17) is 9.47 Å². The predicted molar refractivity (Wildman–Crippen MR) is 128 cm³/mol. The largest absolute Gasteiger partial charge is 0.465 e. The van der Waals surface area contributed by atoms with Crippen molar-refractivity contribution in [3.8, 4) is 0 Å². The molecular formula is C24H27N5O6. The highest BCUT2D eigenvalue weighted by Crippen LogP contribution is 2.22. The Morgan fingerprint density at radius 2 is 1.69 bits per heavy atom. The van der Waals surface area contributed by atoms with E-state index in [9.17, 15) is 19.2 Å². The minimum Gasteiger partial charge on any atom is -0.465 e. The Bertz CT molecular complexity index is 1550. The quantitative estimate of drug-likeness (QED) is 0.313. The first kappa shape index (κ1) is 24.0. The molecule has 35 heavy (non-hydrogen) atoms. The molecule has 0 atom stereocenters. The molecule has 3 heterocycles.